The Balaban J connectivity index is 1.58. The van der Waals surface area contributed by atoms with E-state index in [4.69, 9.17) is 0 Å². The molecule has 152 valence electrons. The number of aryl methyl sites for hydroxylation is 1. The smallest absolute Gasteiger partial charge is 0.107 e. The molecule has 3 rings (SSSR count). The number of rotatable bonds is 10. The van der Waals surface area contributed by atoms with Crippen molar-refractivity contribution in [3.63, 3.8) is 0 Å². The second-order valence-electron chi connectivity index (χ2n) is 8.35. The Bertz CT molecular complexity index is 681. The number of nitrogens with zero attached hydrogens (tertiary/aromatic N) is 1. The third-order valence-electron chi connectivity index (χ3n) is 6.33. The predicted octanol–water partition coefficient (Wildman–Crippen LogP) is 6.92. The lowest BCUT2D eigenvalue weighted by Gasteiger charge is -2.31. The van der Waals surface area contributed by atoms with Crippen molar-refractivity contribution in [2.45, 2.75) is 83.5 Å². The highest BCUT2D eigenvalue weighted by atomic mass is 19.1. The van der Waals surface area contributed by atoms with Gasteiger partial charge in [0.15, 0.2) is 0 Å². The van der Waals surface area contributed by atoms with Gasteiger partial charge >= 0.3 is 0 Å². The van der Waals surface area contributed by atoms with Crippen LogP contribution in [-0.2, 0) is 13.0 Å². The maximum atomic E-state index is 14.0. The molecule has 0 N–H and O–H groups in total. The van der Waals surface area contributed by atoms with Crippen LogP contribution in [0.4, 0.5) is 4.39 Å². The molecule has 1 fully saturated rings. The summed E-state index contributed by atoms with van der Waals surface area (Å²) in [4.78, 5) is 2.65. The third-order valence-corrected chi connectivity index (χ3v) is 6.33. The van der Waals surface area contributed by atoms with Crippen LogP contribution in [0.5, 0.6) is 0 Å². The molecular weight excluding hydrogens is 345 g/mol. The Kier molecular flexibility index (Phi) is 8.09. The molecule has 3 atom stereocenters. The molecule has 2 aromatic rings. The standard InChI is InChI=1S/C26H36FN/c1-3-19-28(20-22-9-6-5-7-10-22)24(4-2)18-15-21-13-16-23(17-14-21)25-11-8-12-26(25)27/h5-7,9-10,13-14,16-17,24-26H,3-4,8,11-12,15,18-20H2,1-2H3. The second kappa shape index (κ2) is 10.8. The first-order valence-corrected chi connectivity index (χ1v) is 11.2. The molecule has 0 spiro atoms. The van der Waals surface area contributed by atoms with Crippen LogP contribution in [0.15, 0.2) is 54.6 Å². The maximum absolute atomic E-state index is 14.0. The Labute approximate surface area is 171 Å². The van der Waals surface area contributed by atoms with Gasteiger partial charge in [0.05, 0.1) is 0 Å². The molecule has 2 aromatic carbocycles. The Hall–Kier alpha value is -1.67. The van der Waals surface area contributed by atoms with Gasteiger partial charge in [0.2, 0.25) is 0 Å². The monoisotopic (exact) mass is 381 g/mol. The maximum Gasteiger partial charge on any atom is 0.107 e. The van der Waals surface area contributed by atoms with Crippen molar-refractivity contribution < 1.29 is 4.39 Å². The number of hydrogen-bond acceptors (Lipinski definition) is 1. The van der Waals surface area contributed by atoms with E-state index in [1.54, 1.807) is 0 Å². The fourth-order valence-corrected chi connectivity index (χ4v) is 4.70. The fourth-order valence-electron chi connectivity index (χ4n) is 4.70. The fraction of sp³-hybridized carbons (Fsp3) is 0.538. The number of alkyl halides is 1. The molecule has 0 bridgehead atoms. The highest BCUT2D eigenvalue weighted by Crippen LogP contribution is 2.36. The summed E-state index contributed by atoms with van der Waals surface area (Å²) in [5, 5.41) is 0. The van der Waals surface area contributed by atoms with Gasteiger partial charge < -0.3 is 0 Å². The summed E-state index contributed by atoms with van der Waals surface area (Å²) in [6.45, 7) is 6.76. The van der Waals surface area contributed by atoms with Gasteiger partial charge in [0.25, 0.3) is 0 Å². The Morgan fingerprint density at radius 2 is 1.71 bits per heavy atom. The average molecular weight is 382 g/mol. The zero-order chi connectivity index (χ0) is 19.8. The largest absolute Gasteiger partial charge is 0.296 e. The van der Waals surface area contributed by atoms with Crippen LogP contribution in [0, 0.1) is 0 Å². The van der Waals surface area contributed by atoms with Gasteiger partial charge in [-0.25, -0.2) is 4.39 Å². The summed E-state index contributed by atoms with van der Waals surface area (Å²) in [7, 11) is 0. The van der Waals surface area contributed by atoms with Gasteiger partial charge in [-0.2, -0.15) is 0 Å². The summed E-state index contributed by atoms with van der Waals surface area (Å²) in [5.41, 5.74) is 3.97. The first kappa shape index (κ1) is 21.0. The van der Waals surface area contributed by atoms with Gasteiger partial charge in [-0.15, -0.1) is 0 Å². The van der Waals surface area contributed by atoms with Gasteiger partial charge in [0, 0.05) is 18.5 Å². The lowest BCUT2D eigenvalue weighted by atomic mass is 9.94. The van der Waals surface area contributed by atoms with E-state index >= 15 is 0 Å². The molecule has 0 aromatic heterocycles. The number of hydrogen-bond donors (Lipinski definition) is 0. The normalized spacial score (nSPS) is 20.6. The van der Waals surface area contributed by atoms with Crippen LogP contribution in [0.3, 0.4) is 0 Å². The van der Waals surface area contributed by atoms with Crippen molar-refractivity contribution in [1.82, 2.24) is 4.90 Å². The van der Waals surface area contributed by atoms with E-state index in [1.807, 2.05) is 0 Å². The molecule has 3 unspecified atom stereocenters. The molecule has 1 saturated carbocycles. The van der Waals surface area contributed by atoms with E-state index in [9.17, 15) is 4.39 Å². The van der Waals surface area contributed by atoms with Gasteiger partial charge in [-0.05, 0) is 68.2 Å². The topological polar surface area (TPSA) is 3.24 Å². The first-order valence-electron chi connectivity index (χ1n) is 11.2. The SMILES string of the molecule is CCCN(Cc1ccccc1)C(CC)CCc1ccc(C2CCCC2F)cc1. The Morgan fingerprint density at radius 3 is 2.32 bits per heavy atom. The van der Waals surface area contributed by atoms with Crippen LogP contribution in [-0.4, -0.2) is 23.7 Å². The minimum atomic E-state index is -0.643. The van der Waals surface area contributed by atoms with Gasteiger partial charge in [-0.1, -0.05) is 68.4 Å². The molecule has 28 heavy (non-hydrogen) atoms. The van der Waals surface area contributed by atoms with Crippen LogP contribution < -0.4 is 0 Å². The first-order chi connectivity index (χ1) is 13.7. The zero-order valence-electron chi connectivity index (χ0n) is 17.6. The molecule has 0 heterocycles. The summed E-state index contributed by atoms with van der Waals surface area (Å²) >= 11 is 0. The molecule has 0 amide bonds. The van der Waals surface area contributed by atoms with E-state index in [1.165, 1.54) is 36.0 Å². The van der Waals surface area contributed by atoms with E-state index in [0.717, 1.165) is 38.8 Å². The molecule has 1 nitrogen and oxygen atoms in total. The molecule has 0 saturated heterocycles. The summed E-state index contributed by atoms with van der Waals surface area (Å²) in [6.07, 6.45) is 6.76. The van der Waals surface area contributed by atoms with E-state index in [0.29, 0.717) is 6.04 Å². The van der Waals surface area contributed by atoms with Gasteiger partial charge in [-0.3, -0.25) is 4.90 Å². The van der Waals surface area contributed by atoms with Crippen LogP contribution in [0.1, 0.15) is 75.0 Å². The minimum Gasteiger partial charge on any atom is -0.296 e. The molecular formula is C26H36FN. The highest BCUT2D eigenvalue weighted by molar-refractivity contribution is 5.27. The zero-order valence-corrected chi connectivity index (χ0v) is 17.6. The molecule has 0 aliphatic heterocycles. The quantitative estimate of drug-likeness (QED) is 0.432. The summed E-state index contributed by atoms with van der Waals surface area (Å²) in [6, 6.07) is 20.2. The van der Waals surface area contributed by atoms with Crippen LogP contribution >= 0.6 is 0 Å². The van der Waals surface area contributed by atoms with Crippen LogP contribution in [0.2, 0.25) is 0 Å². The van der Waals surface area contributed by atoms with Crippen molar-refractivity contribution in [2.75, 3.05) is 6.54 Å². The lowest BCUT2D eigenvalue weighted by Crippen LogP contribution is -2.35. The van der Waals surface area contributed by atoms with E-state index in [-0.39, 0.29) is 5.92 Å². The van der Waals surface area contributed by atoms with Crippen molar-refractivity contribution in [3.8, 4) is 0 Å². The second-order valence-corrected chi connectivity index (χ2v) is 8.35. The van der Waals surface area contributed by atoms with Crippen molar-refractivity contribution in [1.29, 1.82) is 0 Å². The molecule has 1 aliphatic carbocycles. The van der Waals surface area contributed by atoms with Crippen LogP contribution in [0.25, 0.3) is 0 Å². The number of halogens is 1. The van der Waals surface area contributed by atoms with Crippen molar-refractivity contribution in [3.05, 3.63) is 71.3 Å². The van der Waals surface area contributed by atoms with E-state index < -0.39 is 6.17 Å². The van der Waals surface area contributed by atoms with E-state index in [2.05, 4.69) is 73.3 Å². The summed E-state index contributed by atoms with van der Waals surface area (Å²) < 4.78 is 14.0. The molecule has 1 aliphatic rings. The predicted molar refractivity (Wildman–Crippen MR) is 117 cm³/mol. The third kappa shape index (κ3) is 5.67. The Morgan fingerprint density at radius 1 is 0.964 bits per heavy atom. The van der Waals surface area contributed by atoms with Crippen molar-refractivity contribution >= 4 is 0 Å². The minimum absolute atomic E-state index is 0.128. The van der Waals surface area contributed by atoms with Gasteiger partial charge in [0.1, 0.15) is 6.17 Å². The molecule has 2 heteroatoms. The number of benzene rings is 2. The highest BCUT2D eigenvalue weighted by Gasteiger charge is 2.28. The average Bonchev–Trinajstić information content (AvgIpc) is 3.16. The molecule has 0 radical (unpaired) electrons. The van der Waals surface area contributed by atoms with Crippen molar-refractivity contribution in [2.24, 2.45) is 0 Å². The summed E-state index contributed by atoms with van der Waals surface area (Å²) in [5.74, 6) is 0.128. The lowest BCUT2D eigenvalue weighted by molar-refractivity contribution is 0.173.